The van der Waals surface area contributed by atoms with Gasteiger partial charge in [-0.05, 0) is 49.2 Å². The van der Waals surface area contributed by atoms with Crippen LogP contribution in [0.25, 0.3) is 5.69 Å². The van der Waals surface area contributed by atoms with Crippen molar-refractivity contribution in [2.45, 2.75) is 44.3 Å². The van der Waals surface area contributed by atoms with Gasteiger partial charge in [0.2, 0.25) is 0 Å². The first-order valence-electron chi connectivity index (χ1n) is 9.82. The number of nitrogens with zero attached hydrogens (tertiary/aromatic N) is 3. The summed E-state index contributed by atoms with van der Waals surface area (Å²) in [5, 5.41) is 11.1. The van der Waals surface area contributed by atoms with Crippen molar-refractivity contribution in [1.29, 1.82) is 0 Å². The van der Waals surface area contributed by atoms with E-state index in [4.69, 9.17) is 16.5 Å². The SMILES string of the molecule is NCc1ccc(N[C@@H]2CCCC[C@@H]2N)nc1Nc1ccc(-n2cccn2)cc1. The number of hydrogen-bond acceptors (Lipinski definition) is 6. The quantitative estimate of drug-likeness (QED) is 0.526. The molecule has 0 spiro atoms. The smallest absolute Gasteiger partial charge is 0.137 e. The van der Waals surface area contributed by atoms with Crippen LogP contribution in [0.4, 0.5) is 17.3 Å². The lowest BCUT2D eigenvalue weighted by molar-refractivity contribution is 0.403. The molecule has 0 aliphatic heterocycles. The number of benzene rings is 1. The van der Waals surface area contributed by atoms with Gasteiger partial charge < -0.3 is 22.1 Å². The van der Waals surface area contributed by atoms with Gasteiger partial charge in [0.1, 0.15) is 11.6 Å². The van der Waals surface area contributed by atoms with Gasteiger partial charge in [0.05, 0.1) is 5.69 Å². The molecule has 7 nitrogen and oxygen atoms in total. The topological polar surface area (TPSA) is 107 Å². The van der Waals surface area contributed by atoms with Crippen molar-refractivity contribution in [3.8, 4) is 5.69 Å². The molecule has 28 heavy (non-hydrogen) atoms. The summed E-state index contributed by atoms with van der Waals surface area (Å²) >= 11 is 0. The molecule has 146 valence electrons. The van der Waals surface area contributed by atoms with Crippen molar-refractivity contribution in [2.75, 3.05) is 10.6 Å². The van der Waals surface area contributed by atoms with Gasteiger partial charge in [-0.1, -0.05) is 18.9 Å². The van der Waals surface area contributed by atoms with Crippen LogP contribution in [-0.2, 0) is 6.54 Å². The minimum atomic E-state index is 0.177. The Morgan fingerprint density at radius 1 is 1.07 bits per heavy atom. The molecule has 1 aromatic carbocycles. The lowest BCUT2D eigenvalue weighted by Crippen LogP contribution is -2.42. The number of aromatic nitrogens is 3. The third kappa shape index (κ3) is 4.16. The van der Waals surface area contributed by atoms with Crippen LogP contribution in [0.15, 0.2) is 54.9 Å². The van der Waals surface area contributed by atoms with E-state index >= 15 is 0 Å². The summed E-state index contributed by atoms with van der Waals surface area (Å²) in [4.78, 5) is 4.76. The Balaban J connectivity index is 1.51. The van der Waals surface area contributed by atoms with Crippen molar-refractivity contribution < 1.29 is 0 Å². The van der Waals surface area contributed by atoms with Crippen molar-refractivity contribution in [3.63, 3.8) is 0 Å². The summed E-state index contributed by atoms with van der Waals surface area (Å²) in [5.41, 5.74) is 15.1. The van der Waals surface area contributed by atoms with Crippen LogP contribution in [0.2, 0.25) is 0 Å². The Morgan fingerprint density at radius 2 is 1.89 bits per heavy atom. The number of nitrogens with two attached hydrogens (primary N) is 2. The normalized spacial score (nSPS) is 19.4. The van der Waals surface area contributed by atoms with E-state index < -0.39 is 0 Å². The highest BCUT2D eigenvalue weighted by atomic mass is 15.3. The maximum Gasteiger partial charge on any atom is 0.137 e. The molecule has 1 saturated carbocycles. The minimum absolute atomic E-state index is 0.177. The first-order chi connectivity index (χ1) is 13.7. The molecule has 0 bridgehead atoms. The first kappa shape index (κ1) is 18.5. The maximum atomic E-state index is 6.27. The summed E-state index contributed by atoms with van der Waals surface area (Å²) < 4.78 is 1.82. The largest absolute Gasteiger partial charge is 0.366 e. The fourth-order valence-corrected chi connectivity index (χ4v) is 3.63. The maximum absolute atomic E-state index is 6.27. The number of anilines is 3. The van der Waals surface area contributed by atoms with E-state index in [1.807, 2.05) is 53.3 Å². The highest BCUT2D eigenvalue weighted by Gasteiger charge is 2.22. The molecular weight excluding hydrogens is 350 g/mol. The van der Waals surface area contributed by atoms with Gasteiger partial charge >= 0.3 is 0 Å². The van der Waals surface area contributed by atoms with E-state index in [1.165, 1.54) is 12.8 Å². The zero-order valence-electron chi connectivity index (χ0n) is 15.9. The number of hydrogen-bond donors (Lipinski definition) is 4. The molecule has 4 rings (SSSR count). The lowest BCUT2D eigenvalue weighted by Gasteiger charge is -2.30. The fourth-order valence-electron chi connectivity index (χ4n) is 3.63. The Kier molecular flexibility index (Phi) is 5.55. The van der Waals surface area contributed by atoms with Crippen LogP contribution in [0.5, 0.6) is 0 Å². The molecule has 2 heterocycles. The monoisotopic (exact) mass is 377 g/mol. The zero-order valence-corrected chi connectivity index (χ0v) is 15.9. The molecule has 0 radical (unpaired) electrons. The summed E-state index contributed by atoms with van der Waals surface area (Å²) in [6.45, 7) is 0.421. The molecule has 0 amide bonds. The molecule has 1 aliphatic carbocycles. The van der Waals surface area contributed by atoms with Crippen molar-refractivity contribution in [1.82, 2.24) is 14.8 Å². The second-order valence-electron chi connectivity index (χ2n) is 7.23. The summed E-state index contributed by atoms with van der Waals surface area (Å²) in [6.07, 6.45) is 8.24. The van der Waals surface area contributed by atoms with Gasteiger partial charge in [-0.3, -0.25) is 0 Å². The fraction of sp³-hybridized carbons (Fsp3) is 0.333. The highest BCUT2D eigenvalue weighted by molar-refractivity contribution is 5.63. The van der Waals surface area contributed by atoms with E-state index in [0.29, 0.717) is 6.54 Å². The summed E-state index contributed by atoms with van der Waals surface area (Å²) in [6, 6.07) is 14.4. The molecule has 0 saturated heterocycles. The van der Waals surface area contributed by atoms with E-state index in [9.17, 15) is 0 Å². The minimum Gasteiger partial charge on any atom is -0.366 e. The van der Waals surface area contributed by atoms with E-state index in [2.05, 4.69) is 15.7 Å². The zero-order chi connectivity index (χ0) is 19.3. The second kappa shape index (κ2) is 8.41. The first-order valence-corrected chi connectivity index (χ1v) is 9.82. The van der Waals surface area contributed by atoms with Crippen molar-refractivity contribution >= 4 is 17.3 Å². The Labute approximate surface area is 165 Å². The third-order valence-corrected chi connectivity index (χ3v) is 5.25. The predicted molar refractivity (Wildman–Crippen MR) is 113 cm³/mol. The molecule has 2 atom stereocenters. The van der Waals surface area contributed by atoms with Crippen LogP contribution in [0.3, 0.4) is 0 Å². The van der Waals surface area contributed by atoms with E-state index in [0.717, 1.165) is 41.4 Å². The van der Waals surface area contributed by atoms with Crippen molar-refractivity contribution in [3.05, 3.63) is 60.4 Å². The molecular formula is C21H27N7. The molecule has 2 aromatic heterocycles. The Hall–Kier alpha value is -2.90. The number of rotatable bonds is 6. The average Bonchev–Trinajstić information content (AvgIpc) is 3.25. The van der Waals surface area contributed by atoms with Crippen molar-refractivity contribution in [2.24, 2.45) is 11.5 Å². The number of nitrogens with one attached hydrogen (secondary N) is 2. The second-order valence-corrected chi connectivity index (χ2v) is 7.23. The van der Waals surface area contributed by atoms with Crippen LogP contribution in [0.1, 0.15) is 31.2 Å². The third-order valence-electron chi connectivity index (χ3n) is 5.25. The van der Waals surface area contributed by atoms with Crippen LogP contribution >= 0.6 is 0 Å². The predicted octanol–water partition coefficient (Wildman–Crippen LogP) is 3.15. The lowest BCUT2D eigenvalue weighted by atomic mass is 9.91. The van der Waals surface area contributed by atoms with Gasteiger partial charge in [0.15, 0.2) is 0 Å². The molecule has 3 aromatic rings. The summed E-state index contributed by atoms with van der Waals surface area (Å²) in [7, 11) is 0. The van der Waals surface area contributed by atoms with Gasteiger partial charge in [0.25, 0.3) is 0 Å². The van der Waals surface area contributed by atoms with Crippen LogP contribution in [-0.4, -0.2) is 26.8 Å². The van der Waals surface area contributed by atoms with Crippen LogP contribution < -0.4 is 22.1 Å². The van der Waals surface area contributed by atoms with E-state index in [1.54, 1.807) is 6.20 Å². The van der Waals surface area contributed by atoms with Gasteiger partial charge in [-0.2, -0.15) is 5.10 Å². The standard InChI is InChI=1S/C21H27N7/c22-14-15-6-11-20(26-19-5-2-1-4-18(19)23)27-21(15)25-16-7-9-17(10-8-16)28-13-3-12-24-28/h3,6-13,18-19H,1-2,4-5,14,22-23H2,(H2,25,26,27)/t18-,19+/m0/s1. The van der Waals surface area contributed by atoms with Gasteiger partial charge in [-0.25, -0.2) is 9.67 Å². The molecule has 6 N–H and O–H groups in total. The Morgan fingerprint density at radius 3 is 2.61 bits per heavy atom. The Bertz CT molecular complexity index is 890. The van der Waals surface area contributed by atoms with E-state index in [-0.39, 0.29) is 12.1 Å². The molecule has 1 fully saturated rings. The van der Waals surface area contributed by atoms with Crippen LogP contribution in [0, 0.1) is 0 Å². The average molecular weight is 377 g/mol. The molecule has 0 unspecified atom stereocenters. The summed E-state index contributed by atoms with van der Waals surface area (Å²) in [5.74, 6) is 1.60. The molecule has 7 heteroatoms. The number of pyridine rings is 1. The van der Waals surface area contributed by atoms with Gasteiger partial charge in [0, 0.05) is 42.3 Å². The molecule has 1 aliphatic rings. The van der Waals surface area contributed by atoms with Gasteiger partial charge in [-0.15, -0.1) is 0 Å². The highest BCUT2D eigenvalue weighted by Crippen LogP contribution is 2.25.